The number of aliphatic hydroxyl groups is 1. The largest absolute Gasteiger partial charge is 0.458 e. The zero-order valence-corrected chi connectivity index (χ0v) is 19.1. The summed E-state index contributed by atoms with van der Waals surface area (Å²) in [6.07, 6.45) is 1.48. The minimum absolute atomic E-state index is 0.111. The summed E-state index contributed by atoms with van der Waals surface area (Å²) in [5, 5.41) is 11.4. The minimum atomic E-state index is -1.44. The van der Waals surface area contributed by atoms with Gasteiger partial charge in [-0.25, -0.2) is 14.1 Å². The minimum Gasteiger partial charge on any atom is -0.458 e. The lowest BCUT2D eigenvalue weighted by Gasteiger charge is -2.24. The Balaban J connectivity index is 1.68. The molecule has 0 saturated heterocycles. The summed E-state index contributed by atoms with van der Waals surface area (Å²) in [5.74, 6) is -0.724. The van der Waals surface area contributed by atoms with Crippen LogP contribution in [0.5, 0.6) is 0 Å². The number of hydrogen-bond donors (Lipinski definition) is 1. The average Bonchev–Trinajstić information content (AvgIpc) is 3.15. The number of cyclic esters (lactones) is 1. The first-order valence-corrected chi connectivity index (χ1v) is 11.9. The van der Waals surface area contributed by atoms with Gasteiger partial charge in [0.25, 0.3) is 5.56 Å². The van der Waals surface area contributed by atoms with E-state index >= 15 is 0 Å². The Morgan fingerprint density at radius 1 is 1.28 bits per heavy atom. The van der Waals surface area contributed by atoms with E-state index in [1.54, 1.807) is 22.6 Å². The fourth-order valence-electron chi connectivity index (χ4n) is 4.73. The van der Waals surface area contributed by atoms with E-state index in [2.05, 4.69) is 30.5 Å². The maximum absolute atomic E-state index is 13.3. The smallest absolute Gasteiger partial charge is 0.340 e. The maximum Gasteiger partial charge on any atom is 0.340 e. The van der Waals surface area contributed by atoms with Crippen molar-refractivity contribution in [2.24, 2.45) is 0 Å². The molecule has 5 rings (SSSR count). The maximum atomic E-state index is 13.3. The highest BCUT2D eigenvalue weighted by atomic mass is 32.2. The van der Waals surface area contributed by atoms with Gasteiger partial charge in [-0.2, -0.15) is 0 Å². The highest BCUT2D eigenvalue weighted by Gasteiger charge is 2.34. The van der Waals surface area contributed by atoms with Crippen molar-refractivity contribution in [2.45, 2.75) is 45.6 Å². The molecule has 0 spiro atoms. The molecule has 3 aromatic rings. The number of hydrogen-bond acceptors (Lipinski definition) is 7. The molecule has 2 aliphatic rings. The van der Waals surface area contributed by atoms with E-state index in [9.17, 15) is 14.7 Å². The highest BCUT2D eigenvalue weighted by molar-refractivity contribution is 7.96. The van der Waals surface area contributed by atoms with Crippen LogP contribution in [0.2, 0.25) is 0 Å². The summed E-state index contributed by atoms with van der Waals surface area (Å²) in [5.41, 5.74) is 4.95. The van der Waals surface area contributed by atoms with Crippen LogP contribution in [-0.2, 0) is 29.1 Å². The third-order valence-corrected chi connectivity index (χ3v) is 7.45. The number of fused-ring (bicyclic) bond motifs is 5. The number of aromatic nitrogens is 2. The van der Waals surface area contributed by atoms with E-state index in [-0.39, 0.29) is 12.2 Å². The van der Waals surface area contributed by atoms with Crippen LogP contribution in [-0.4, -0.2) is 43.8 Å². The van der Waals surface area contributed by atoms with Crippen molar-refractivity contribution < 1.29 is 14.6 Å². The third kappa shape index (κ3) is 3.25. The van der Waals surface area contributed by atoms with Crippen molar-refractivity contribution in [2.75, 3.05) is 12.8 Å². The Labute approximate surface area is 190 Å². The summed E-state index contributed by atoms with van der Waals surface area (Å²) >= 11 is 1.73. The van der Waals surface area contributed by atoms with Gasteiger partial charge in [-0.05, 0) is 44.2 Å². The first-order chi connectivity index (χ1) is 15.4. The lowest BCUT2D eigenvalue weighted by atomic mass is 9.97. The molecule has 2 aliphatic heterocycles. The Bertz CT molecular complexity index is 1300. The zero-order chi connectivity index (χ0) is 22.6. The molecule has 0 fully saturated rings. The molecule has 0 aliphatic carbocycles. The molecule has 7 nitrogen and oxygen atoms in total. The van der Waals surface area contributed by atoms with Gasteiger partial charge in [0.1, 0.15) is 6.61 Å². The molecule has 8 heteroatoms. The van der Waals surface area contributed by atoms with Crippen LogP contribution in [0.25, 0.3) is 22.3 Å². The molecule has 4 heterocycles. The number of carbonyl (C=O) groups excluding carboxylic acids is 1. The number of rotatable bonds is 5. The molecule has 0 radical (unpaired) electrons. The average molecular weight is 452 g/mol. The van der Waals surface area contributed by atoms with Crippen molar-refractivity contribution in [1.29, 1.82) is 0 Å². The summed E-state index contributed by atoms with van der Waals surface area (Å²) in [7, 11) is 0. The SMILES string of the molecule is CSN(CCc1c2c(nc3ccccc13)-c1cc3c(c(=O)n1C2)COC(=O)C3O)C(C)C. The second-order valence-corrected chi connectivity index (χ2v) is 9.30. The molecule has 1 N–H and O–H groups in total. The molecular formula is C24H25N3O4S. The molecule has 1 aromatic carbocycles. The van der Waals surface area contributed by atoms with Gasteiger partial charge in [0.2, 0.25) is 0 Å². The Morgan fingerprint density at radius 3 is 2.81 bits per heavy atom. The normalized spacial score (nSPS) is 16.9. The summed E-state index contributed by atoms with van der Waals surface area (Å²) < 4.78 is 9.03. The fraction of sp³-hybridized carbons (Fsp3) is 0.375. The monoisotopic (exact) mass is 451 g/mol. The molecule has 166 valence electrons. The molecule has 0 amide bonds. The number of carbonyl (C=O) groups is 1. The van der Waals surface area contributed by atoms with Crippen molar-refractivity contribution in [3.05, 3.63) is 62.9 Å². The van der Waals surface area contributed by atoms with E-state index in [0.29, 0.717) is 29.4 Å². The van der Waals surface area contributed by atoms with Gasteiger partial charge >= 0.3 is 5.97 Å². The number of para-hydroxylation sites is 1. The number of ether oxygens (including phenoxy) is 1. The fourth-order valence-corrected chi connectivity index (χ4v) is 5.42. The zero-order valence-electron chi connectivity index (χ0n) is 18.3. The van der Waals surface area contributed by atoms with Crippen molar-refractivity contribution in [3.63, 3.8) is 0 Å². The lowest BCUT2D eigenvalue weighted by molar-refractivity contribution is -0.157. The van der Waals surface area contributed by atoms with Crippen molar-refractivity contribution in [3.8, 4) is 11.4 Å². The number of pyridine rings is 2. The van der Waals surface area contributed by atoms with Crippen LogP contribution in [0.3, 0.4) is 0 Å². The third-order valence-electron chi connectivity index (χ3n) is 6.37. The van der Waals surface area contributed by atoms with Gasteiger partial charge in [0.15, 0.2) is 6.10 Å². The molecule has 0 bridgehead atoms. The van der Waals surface area contributed by atoms with Crippen LogP contribution in [0.15, 0.2) is 35.1 Å². The number of benzene rings is 1. The van der Waals surface area contributed by atoms with Crippen molar-refractivity contribution in [1.82, 2.24) is 13.9 Å². The molecule has 1 unspecified atom stereocenters. The van der Waals surface area contributed by atoms with Crippen LogP contribution in [0.1, 0.15) is 42.2 Å². The number of nitrogens with zero attached hydrogens (tertiary/aromatic N) is 3. The second kappa shape index (κ2) is 8.03. The molecule has 32 heavy (non-hydrogen) atoms. The van der Waals surface area contributed by atoms with Gasteiger partial charge in [-0.1, -0.05) is 30.1 Å². The number of aliphatic hydroxyl groups excluding tert-OH is 1. The van der Waals surface area contributed by atoms with E-state index in [4.69, 9.17) is 9.72 Å². The predicted octanol–water partition coefficient (Wildman–Crippen LogP) is 3.05. The first kappa shape index (κ1) is 21.2. The standard InChI is InChI=1S/C24H25N3O4S/c1-13(2)27(32-3)9-8-14-15-6-4-5-7-19(15)25-21-17(14)11-26-20(21)10-16-18(23(26)29)12-31-24(30)22(16)28/h4-7,10,13,22,28H,8-9,11-12H2,1-3H3. The van der Waals surface area contributed by atoms with Gasteiger partial charge in [-0.3, -0.25) is 4.79 Å². The second-order valence-electron chi connectivity index (χ2n) is 8.47. The van der Waals surface area contributed by atoms with Crippen LogP contribution in [0.4, 0.5) is 0 Å². The van der Waals surface area contributed by atoms with E-state index < -0.39 is 12.1 Å². The van der Waals surface area contributed by atoms with Gasteiger partial charge in [0, 0.05) is 29.1 Å². The van der Waals surface area contributed by atoms with Gasteiger partial charge < -0.3 is 14.4 Å². The lowest BCUT2D eigenvalue weighted by Crippen LogP contribution is -2.32. The Hall–Kier alpha value is -2.68. The quantitative estimate of drug-likeness (QED) is 0.369. The Kier molecular flexibility index (Phi) is 5.31. The molecule has 2 aromatic heterocycles. The van der Waals surface area contributed by atoms with Crippen LogP contribution in [0, 0.1) is 0 Å². The van der Waals surface area contributed by atoms with E-state index in [1.807, 2.05) is 18.2 Å². The summed E-state index contributed by atoms with van der Waals surface area (Å²) in [6, 6.07) is 10.2. The number of esters is 1. The van der Waals surface area contributed by atoms with E-state index in [0.717, 1.165) is 35.1 Å². The molecule has 0 saturated carbocycles. The van der Waals surface area contributed by atoms with Gasteiger partial charge in [0.05, 0.1) is 29.0 Å². The van der Waals surface area contributed by atoms with Crippen LogP contribution < -0.4 is 5.56 Å². The summed E-state index contributed by atoms with van der Waals surface area (Å²) in [6.45, 7) is 5.55. The Morgan fingerprint density at radius 2 is 2.06 bits per heavy atom. The van der Waals surface area contributed by atoms with Gasteiger partial charge in [-0.15, -0.1) is 0 Å². The predicted molar refractivity (Wildman–Crippen MR) is 124 cm³/mol. The molecular weight excluding hydrogens is 426 g/mol. The summed E-state index contributed by atoms with van der Waals surface area (Å²) in [4.78, 5) is 30.0. The highest BCUT2D eigenvalue weighted by Crippen LogP contribution is 2.38. The van der Waals surface area contributed by atoms with Crippen molar-refractivity contribution >= 4 is 28.8 Å². The van der Waals surface area contributed by atoms with E-state index in [1.165, 1.54) is 5.56 Å². The van der Waals surface area contributed by atoms with Crippen LogP contribution >= 0.6 is 11.9 Å². The topological polar surface area (TPSA) is 84.7 Å². The molecule has 1 atom stereocenters. The first-order valence-electron chi connectivity index (χ1n) is 10.7.